The van der Waals surface area contributed by atoms with Crippen molar-refractivity contribution in [3.63, 3.8) is 0 Å². The normalized spacial score (nSPS) is 14.3. The number of carbonyl (C=O) groups excluding carboxylic acids is 4. The third-order valence-electron chi connectivity index (χ3n) is 4.93. The van der Waals surface area contributed by atoms with Crippen molar-refractivity contribution < 1.29 is 37.5 Å². The number of anilines is 1. The van der Waals surface area contributed by atoms with Crippen molar-refractivity contribution >= 4 is 46.5 Å². The molecule has 0 atom stereocenters. The molecule has 3 amide bonds. The first kappa shape index (κ1) is 24.7. The monoisotopic (exact) mass is 510 g/mol. The van der Waals surface area contributed by atoms with Crippen LogP contribution in [-0.4, -0.2) is 41.6 Å². The van der Waals surface area contributed by atoms with Gasteiger partial charge in [-0.05, 0) is 60.3 Å². The van der Waals surface area contributed by atoms with Crippen LogP contribution in [0.15, 0.2) is 70.0 Å². The smallest absolute Gasteiger partial charge is 0.373 e. The number of rotatable bonds is 8. The van der Waals surface area contributed by atoms with Crippen LogP contribution in [0.3, 0.4) is 0 Å². The van der Waals surface area contributed by atoms with Crippen molar-refractivity contribution in [2.75, 3.05) is 19.0 Å². The van der Waals surface area contributed by atoms with Gasteiger partial charge in [-0.25, -0.2) is 9.18 Å². The van der Waals surface area contributed by atoms with Crippen LogP contribution in [0, 0.1) is 5.82 Å². The summed E-state index contributed by atoms with van der Waals surface area (Å²) in [6.07, 6.45) is 1.50. The van der Waals surface area contributed by atoms with Gasteiger partial charge in [0.1, 0.15) is 17.3 Å². The van der Waals surface area contributed by atoms with E-state index in [0.717, 1.165) is 16.7 Å². The molecular weight excluding hydrogens is 491 g/mol. The summed E-state index contributed by atoms with van der Waals surface area (Å²) in [5.41, 5.74) is 0.908. The Bertz CT molecular complexity index is 1350. The number of hydrogen-bond donors (Lipinski definition) is 1. The van der Waals surface area contributed by atoms with Crippen LogP contribution in [0.25, 0.3) is 6.08 Å². The van der Waals surface area contributed by atoms with Crippen LogP contribution in [0.2, 0.25) is 0 Å². The third-order valence-corrected chi connectivity index (χ3v) is 5.84. The fourth-order valence-electron chi connectivity index (χ4n) is 3.21. The Hall–Kier alpha value is -4.38. The third kappa shape index (κ3) is 5.81. The standard InChI is InChI=1S/C25H19FN2O7S/c1-33-24(31)20-11-10-18(35-20)13-28-23(30)21(36-25(28)32)12-15-4-2-3-5-19(15)34-14-22(29)27-17-8-6-16(26)7-9-17/h2-12H,13-14H2,1H3,(H,27,29)/b21-12+. The molecular formula is C25H19FN2O7S. The minimum Gasteiger partial charge on any atom is -0.483 e. The number of methoxy groups -OCH3 is 1. The van der Waals surface area contributed by atoms with E-state index in [1.807, 2.05) is 0 Å². The maximum absolute atomic E-state index is 13.0. The molecule has 36 heavy (non-hydrogen) atoms. The summed E-state index contributed by atoms with van der Waals surface area (Å²) in [6.45, 7) is -0.481. The second-order valence-corrected chi connectivity index (χ2v) is 8.40. The summed E-state index contributed by atoms with van der Waals surface area (Å²) in [5.74, 6) is -1.55. The van der Waals surface area contributed by atoms with Gasteiger partial charge in [0.25, 0.3) is 17.1 Å². The SMILES string of the molecule is COC(=O)c1ccc(CN2C(=O)S/C(=C/c3ccccc3OCC(=O)Nc3ccc(F)cc3)C2=O)o1. The van der Waals surface area contributed by atoms with E-state index in [1.54, 1.807) is 24.3 Å². The lowest BCUT2D eigenvalue weighted by atomic mass is 10.2. The number of para-hydroxylation sites is 1. The Morgan fingerprint density at radius 2 is 1.83 bits per heavy atom. The van der Waals surface area contributed by atoms with Crippen LogP contribution in [-0.2, 0) is 20.9 Å². The summed E-state index contributed by atoms with van der Waals surface area (Å²) in [5, 5.41) is 2.09. The van der Waals surface area contributed by atoms with E-state index in [1.165, 1.54) is 49.6 Å². The first-order valence-corrected chi connectivity index (χ1v) is 11.4. The maximum Gasteiger partial charge on any atom is 0.373 e. The van der Waals surface area contributed by atoms with Gasteiger partial charge in [-0.3, -0.25) is 19.3 Å². The van der Waals surface area contributed by atoms with Crippen LogP contribution < -0.4 is 10.1 Å². The van der Waals surface area contributed by atoms with Gasteiger partial charge in [0, 0.05) is 11.3 Å². The number of halogens is 1. The largest absolute Gasteiger partial charge is 0.483 e. The molecule has 1 fully saturated rings. The number of amides is 3. The summed E-state index contributed by atoms with van der Waals surface area (Å²) < 4.78 is 28.6. The molecule has 0 radical (unpaired) electrons. The summed E-state index contributed by atoms with van der Waals surface area (Å²) in [6, 6.07) is 14.9. The number of esters is 1. The Labute approximate surface area is 208 Å². The molecule has 1 aliphatic rings. The topological polar surface area (TPSA) is 115 Å². The lowest BCUT2D eigenvalue weighted by Crippen LogP contribution is -2.27. The predicted molar refractivity (Wildman–Crippen MR) is 129 cm³/mol. The zero-order valence-electron chi connectivity index (χ0n) is 18.9. The quantitative estimate of drug-likeness (QED) is 0.349. The van der Waals surface area contributed by atoms with Crippen molar-refractivity contribution in [1.82, 2.24) is 4.90 Å². The van der Waals surface area contributed by atoms with Gasteiger partial charge in [0.15, 0.2) is 6.61 Å². The minimum absolute atomic E-state index is 0.0374. The molecule has 0 spiro atoms. The molecule has 1 aromatic heterocycles. The number of benzene rings is 2. The molecule has 4 rings (SSSR count). The number of nitrogens with zero attached hydrogens (tertiary/aromatic N) is 1. The second kappa shape index (κ2) is 10.9. The summed E-state index contributed by atoms with van der Waals surface area (Å²) >= 11 is 0.749. The van der Waals surface area contributed by atoms with E-state index in [-0.39, 0.29) is 29.6 Å². The van der Waals surface area contributed by atoms with Crippen molar-refractivity contribution in [2.45, 2.75) is 6.54 Å². The lowest BCUT2D eigenvalue weighted by Gasteiger charge is -2.11. The van der Waals surface area contributed by atoms with E-state index in [2.05, 4.69) is 10.1 Å². The predicted octanol–water partition coefficient (Wildman–Crippen LogP) is 4.46. The molecule has 2 aromatic carbocycles. The molecule has 0 saturated carbocycles. The molecule has 9 nitrogen and oxygen atoms in total. The van der Waals surface area contributed by atoms with Gasteiger partial charge in [0.05, 0.1) is 18.6 Å². The number of ether oxygens (including phenoxy) is 2. The molecule has 1 N–H and O–H groups in total. The van der Waals surface area contributed by atoms with E-state index >= 15 is 0 Å². The van der Waals surface area contributed by atoms with Gasteiger partial charge in [-0.2, -0.15) is 0 Å². The number of nitrogens with one attached hydrogen (secondary N) is 1. The number of thioether (sulfide) groups is 1. The van der Waals surface area contributed by atoms with Gasteiger partial charge in [0.2, 0.25) is 5.76 Å². The highest BCUT2D eigenvalue weighted by atomic mass is 32.2. The number of furan rings is 1. The van der Waals surface area contributed by atoms with Crippen molar-refractivity contribution in [3.05, 3.63) is 88.5 Å². The molecule has 0 aliphatic carbocycles. The highest BCUT2D eigenvalue weighted by Crippen LogP contribution is 2.35. The van der Waals surface area contributed by atoms with Gasteiger partial charge in [-0.1, -0.05) is 18.2 Å². The Balaban J connectivity index is 1.42. The van der Waals surface area contributed by atoms with E-state index < -0.39 is 28.8 Å². The molecule has 0 unspecified atom stereocenters. The Morgan fingerprint density at radius 1 is 1.08 bits per heavy atom. The highest BCUT2D eigenvalue weighted by molar-refractivity contribution is 8.18. The Morgan fingerprint density at radius 3 is 2.58 bits per heavy atom. The van der Waals surface area contributed by atoms with Gasteiger partial charge < -0.3 is 19.2 Å². The molecule has 2 heterocycles. The first-order chi connectivity index (χ1) is 17.3. The zero-order chi connectivity index (χ0) is 25.7. The van der Waals surface area contributed by atoms with Crippen LogP contribution in [0.5, 0.6) is 5.75 Å². The summed E-state index contributed by atoms with van der Waals surface area (Å²) in [4.78, 5) is 50.3. The maximum atomic E-state index is 13.0. The average Bonchev–Trinajstić information content (AvgIpc) is 3.45. The molecule has 184 valence electrons. The Kier molecular flexibility index (Phi) is 7.50. The van der Waals surface area contributed by atoms with Crippen LogP contribution in [0.4, 0.5) is 14.9 Å². The molecule has 0 bridgehead atoms. The van der Waals surface area contributed by atoms with Gasteiger partial charge >= 0.3 is 5.97 Å². The zero-order valence-corrected chi connectivity index (χ0v) is 19.7. The fraction of sp³-hybridized carbons (Fsp3) is 0.120. The minimum atomic E-state index is -0.668. The molecule has 11 heteroatoms. The second-order valence-electron chi connectivity index (χ2n) is 7.41. The number of imide groups is 1. The van der Waals surface area contributed by atoms with Crippen molar-refractivity contribution in [1.29, 1.82) is 0 Å². The molecule has 1 aliphatic heterocycles. The van der Waals surface area contributed by atoms with Crippen LogP contribution >= 0.6 is 11.8 Å². The molecule has 1 saturated heterocycles. The average molecular weight is 510 g/mol. The number of hydrogen-bond acceptors (Lipinski definition) is 8. The van der Waals surface area contributed by atoms with E-state index in [4.69, 9.17) is 9.15 Å². The van der Waals surface area contributed by atoms with Crippen molar-refractivity contribution in [2.24, 2.45) is 0 Å². The lowest BCUT2D eigenvalue weighted by molar-refractivity contribution is -0.123. The van der Waals surface area contributed by atoms with Crippen LogP contribution in [0.1, 0.15) is 21.9 Å². The first-order valence-electron chi connectivity index (χ1n) is 10.5. The van der Waals surface area contributed by atoms with Gasteiger partial charge in [-0.15, -0.1) is 0 Å². The van der Waals surface area contributed by atoms with E-state index in [9.17, 15) is 23.6 Å². The van der Waals surface area contributed by atoms with Crippen molar-refractivity contribution in [3.8, 4) is 5.75 Å². The molecule has 3 aromatic rings. The highest BCUT2D eigenvalue weighted by Gasteiger charge is 2.36. The summed E-state index contributed by atoms with van der Waals surface area (Å²) in [7, 11) is 1.21. The number of carbonyl (C=O) groups is 4. The fourth-order valence-corrected chi connectivity index (χ4v) is 4.04. The van der Waals surface area contributed by atoms with E-state index in [0.29, 0.717) is 17.0 Å².